The van der Waals surface area contributed by atoms with Gasteiger partial charge in [-0.15, -0.1) is 0 Å². The van der Waals surface area contributed by atoms with Gasteiger partial charge in [-0.05, 0) is 67.7 Å². The molecule has 1 spiro atoms. The van der Waals surface area contributed by atoms with Crippen molar-refractivity contribution < 1.29 is 28.7 Å². The molecule has 0 radical (unpaired) electrons. The molecule has 2 N–H and O–H groups in total. The number of aryl methyl sites for hydroxylation is 1. The van der Waals surface area contributed by atoms with Gasteiger partial charge in [0.15, 0.2) is 0 Å². The molecule has 2 aliphatic rings. The number of esters is 1. The van der Waals surface area contributed by atoms with Crippen molar-refractivity contribution in [2.45, 2.75) is 57.9 Å². The minimum atomic E-state index is -1.22. The Bertz CT molecular complexity index is 1340. The number of amides is 4. The largest absolute Gasteiger partial charge is 0.465 e. The lowest BCUT2D eigenvalue weighted by Gasteiger charge is -2.39. The monoisotopic (exact) mass is 591 g/mol. The van der Waals surface area contributed by atoms with Gasteiger partial charge in [0.1, 0.15) is 17.8 Å². The minimum Gasteiger partial charge on any atom is -0.465 e. The highest BCUT2D eigenvalue weighted by molar-refractivity contribution is 5.97. The molecule has 0 saturated carbocycles. The van der Waals surface area contributed by atoms with Gasteiger partial charge in [0.05, 0.1) is 19.2 Å². The summed E-state index contributed by atoms with van der Waals surface area (Å²) in [6, 6.07) is 10.6. The number of carbonyl (C=O) groups excluding carboxylic acids is 5. The average molecular weight is 592 g/mol. The Kier molecular flexibility index (Phi) is 10.5. The molecule has 1 atom stereocenters. The average Bonchev–Trinajstić information content (AvgIpc) is 3.01. The standard InChI is InChI=1S/C32H41N5O6/c1-22(2)14-18-36-20-27(38)35-32(15-8-10-23-9-4-5-11-25(23)32)31(42)33-16-6-7-17-37(21-28(36)39)29(40)26-13-12-24(19-34-26)30(41)43-3/h4-5,9,11-13,19,22H,6-8,10,14-18,20-21H2,1-3H3,(H,33,42)(H,35,38). The summed E-state index contributed by atoms with van der Waals surface area (Å²) in [5.41, 5.74) is 0.893. The number of hydrogen-bond donors (Lipinski definition) is 2. The van der Waals surface area contributed by atoms with Crippen LogP contribution >= 0.6 is 0 Å². The van der Waals surface area contributed by atoms with Crippen molar-refractivity contribution >= 4 is 29.6 Å². The third-order valence-electron chi connectivity index (χ3n) is 8.04. The molecule has 1 fully saturated rings. The molecule has 1 aliphatic carbocycles. The van der Waals surface area contributed by atoms with Gasteiger partial charge >= 0.3 is 5.97 Å². The topological polar surface area (TPSA) is 138 Å². The predicted octanol–water partition coefficient (Wildman–Crippen LogP) is 2.44. The Balaban J connectivity index is 1.60. The summed E-state index contributed by atoms with van der Waals surface area (Å²) in [4.78, 5) is 73.4. The first kappa shape index (κ1) is 31.7. The summed E-state index contributed by atoms with van der Waals surface area (Å²) >= 11 is 0. The van der Waals surface area contributed by atoms with E-state index in [0.717, 1.165) is 24.0 Å². The SMILES string of the molecule is COC(=O)c1ccc(C(=O)N2CCCCNC(=O)C3(CCCc4ccccc43)NC(=O)CN(CCC(C)C)C(=O)C2)nc1. The van der Waals surface area contributed by atoms with Crippen LogP contribution in [-0.2, 0) is 31.1 Å². The smallest absolute Gasteiger partial charge is 0.339 e. The summed E-state index contributed by atoms with van der Waals surface area (Å²) < 4.78 is 4.70. The maximum absolute atomic E-state index is 13.8. The van der Waals surface area contributed by atoms with Crippen LogP contribution in [-0.4, -0.2) is 84.2 Å². The van der Waals surface area contributed by atoms with Crippen LogP contribution in [0.1, 0.15) is 77.9 Å². The number of benzene rings is 1. The van der Waals surface area contributed by atoms with E-state index in [4.69, 9.17) is 4.74 Å². The molecule has 4 amide bonds. The fourth-order valence-corrected chi connectivity index (χ4v) is 5.63. The lowest BCUT2D eigenvalue weighted by Crippen LogP contribution is -2.60. The van der Waals surface area contributed by atoms with E-state index in [2.05, 4.69) is 15.6 Å². The number of nitrogens with one attached hydrogen (secondary N) is 2. The molecule has 1 aromatic heterocycles. The maximum Gasteiger partial charge on any atom is 0.339 e. The fourth-order valence-electron chi connectivity index (χ4n) is 5.63. The van der Waals surface area contributed by atoms with Crippen LogP contribution in [0.4, 0.5) is 0 Å². The molecule has 230 valence electrons. The van der Waals surface area contributed by atoms with Crippen molar-refractivity contribution in [1.29, 1.82) is 0 Å². The van der Waals surface area contributed by atoms with Gasteiger partial charge in [0.25, 0.3) is 5.91 Å². The summed E-state index contributed by atoms with van der Waals surface area (Å²) in [5.74, 6) is -1.82. The summed E-state index contributed by atoms with van der Waals surface area (Å²) in [5, 5.41) is 6.06. The first-order chi connectivity index (χ1) is 20.6. The molecule has 4 rings (SSSR count). The molecule has 1 aromatic carbocycles. The van der Waals surface area contributed by atoms with Crippen LogP contribution in [0.15, 0.2) is 42.6 Å². The van der Waals surface area contributed by atoms with Crippen molar-refractivity contribution in [2.24, 2.45) is 5.92 Å². The van der Waals surface area contributed by atoms with Crippen LogP contribution < -0.4 is 10.6 Å². The number of methoxy groups -OCH3 is 1. The number of hydrogen-bond acceptors (Lipinski definition) is 7. The second-order valence-corrected chi connectivity index (χ2v) is 11.6. The van der Waals surface area contributed by atoms with Crippen LogP contribution in [0.3, 0.4) is 0 Å². The summed E-state index contributed by atoms with van der Waals surface area (Å²) in [6.45, 7) is 4.52. The van der Waals surface area contributed by atoms with Gasteiger partial charge < -0.3 is 25.2 Å². The molecule has 0 bridgehead atoms. The second kappa shape index (κ2) is 14.3. The first-order valence-corrected chi connectivity index (χ1v) is 14.9. The third-order valence-corrected chi connectivity index (χ3v) is 8.04. The van der Waals surface area contributed by atoms with Crippen LogP contribution in [0.2, 0.25) is 0 Å². The van der Waals surface area contributed by atoms with E-state index in [1.54, 1.807) is 0 Å². The van der Waals surface area contributed by atoms with Crippen LogP contribution in [0.5, 0.6) is 0 Å². The molecule has 1 saturated heterocycles. The predicted molar refractivity (Wildman–Crippen MR) is 159 cm³/mol. The number of nitrogens with zero attached hydrogens (tertiary/aromatic N) is 3. The first-order valence-electron chi connectivity index (χ1n) is 14.9. The second-order valence-electron chi connectivity index (χ2n) is 11.6. The molecule has 2 heterocycles. The molecule has 11 nitrogen and oxygen atoms in total. The van der Waals surface area contributed by atoms with Gasteiger partial charge in [-0.25, -0.2) is 4.79 Å². The molecule has 1 unspecified atom stereocenters. The molecule has 43 heavy (non-hydrogen) atoms. The van der Waals surface area contributed by atoms with E-state index in [-0.39, 0.29) is 48.6 Å². The Hall–Kier alpha value is -4.28. The molecule has 2 aromatic rings. The van der Waals surface area contributed by atoms with E-state index in [0.29, 0.717) is 38.8 Å². The zero-order chi connectivity index (χ0) is 31.0. The lowest BCUT2D eigenvalue weighted by atomic mass is 9.75. The minimum absolute atomic E-state index is 0.0826. The number of ether oxygens (including phenoxy) is 1. The Morgan fingerprint density at radius 1 is 1.05 bits per heavy atom. The summed E-state index contributed by atoms with van der Waals surface area (Å²) in [6.07, 6.45) is 5.04. The van der Waals surface area contributed by atoms with Crippen molar-refractivity contribution in [2.75, 3.05) is 39.8 Å². The van der Waals surface area contributed by atoms with Crippen LogP contribution in [0.25, 0.3) is 0 Å². The third kappa shape index (κ3) is 7.57. The zero-order valence-electron chi connectivity index (χ0n) is 25.2. The molecular weight excluding hydrogens is 550 g/mol. The summed E-state index contributed by atoms with van der Waals surface area (Å²) in [7, 11) is 1.26. The van der Waals surface area contributed by atoms with E-state index in [1.165, 1.54) is 35.2 Å². The van der Waals surface area contributed by atoms with E-state index in [1.807, 2.05) is 38.1 Å². The van der Waals surface area contributed by atoms with Gasteiger partial charge in [-0.2, -0.15) is 0 Å². The zero-order valence-corrected chi connectivity index (χ0v) is 25.2. The van der Waals surface area contributed by atoms with Crippen molar-refractivity contribution in [1.82, 2.24) is 25.4 Å². The van der Waals surface area contributed by atoms with Crippen molar-refractivity contribution in [3.63, 3.8) is 0 Å². The quantitative estimate of drug-likeness (QED) is 0.510. The van der Waals surface area contributed by atoms with Crippen LogP contribution in [0, 0.1) is 5.92 Å². The Labute approximate surface area is 252 Å². The van der Waals surface area contributed by atoms with Gasteiger partial charge in [0.2, 0.25) is 17.7 Å². The van der Waals surface area contributed by atoms with Gasteiger partial charge in [-0.1, -0.05) is 38.1 Å². The molecule has 11 heteroatoms. The van der Waals surface area contributed by atoms with Gasteiger partial charge in [0, 0.05) is 25.8 Å². The van der Waals surface area contributed by atoms with Crippen molar-refractivity contribution in [3.8, 4) is 0 Å². The van der Waals surface area contributed by atoms with E-state index in [9.17, 15) is 24.0 Å². The number of pyridine rings is 1. The highest BCUT2D eigenvalue weighted by Crippen LogP contribution is 2.36. The highest BCUT2D eigenvalue weighted by Gasteiger charge is 2.44. The Morgan fingerprint density at radius 2 is 1.84 bits per heavy atom. The number of rotatable bonds is 5. The van der Waals surface area contributed by atoms with Crippen molar-refractivity contribution in [3.05, 3.63) is 65.0 Å². The number of carbonyl (C=O) groups is 5. The molecular formula is C32H41N5O6. The Morgan fingerprint density at radius 3 is 2.56 bits per heavy atom. The van der Waals surface area contributed by atoms with E-state index >= 15 is 0 Å². The van der Waals surface area contributed by atoms with E-state index < -0.39 is 23.3 Å². The van der Waals surface area contributed by atoms with Gasteiger partial charge in [-0.3, -0.25) is 24.2 Å². The number of fused-ring (bicyclic) bond motifs is 2. The highest BCUT2D eigenvalue weighted by atomic mass is 16.5. The fraction of sp³-hybridized carbons (Fsp3) is 0.500. The molecule has 1 aliphatic heterocycles. The maximum atomic E-state index is 13.8. The number of aromatic nitrogens is 1. The lowest BCUT2D eigenvalue weighted by molar-refractivity contribution is -0.139. The normalized spacial score (nSPS) is 20.2.